The maximum atomic E-state index is 13.7. The van der Waals surface area contributed by atoms with Gasteiger partial charge in [0.2, 0.25) is 0 Å². The first-order valence-corrected chi connectivity index (χ1v) is 8.03. The molecule has 2 atom stereocenters. The number of rotatable bonds is 6. The van der Waals surface area contributed by atoms with E-state index in [1.807, 2.05) is 24.3 Å². The Bertz CT molecular complexity index is 718. The SMILES string of the molecule is CC[C@H](C)c1ccccc1O[C@H](C)C(=O)Nc1cc(N)ccc1F. The summed E-state index contributed by atoms with van der Waals surface area (Å²) in [5, 5.41) is 2.51. The van der Waals surface area contributed by atoms with E-state index in [9.17, 15) is 9.18 Å². The number of carbonyl (C=O) groups excluding carboxylic acids is 1. The van der Waals surface area contributed by atoms with Crippen LogP contribution in [0.15, 0.2) is 42.5 Å². The minimum absolute atomic E-state index is 0.0469. The fraction of sp³-hybridized carbons (Fsp3) is 0.316. The molecule has 5 heteroatoms. The molecule has 128 valence electrons. The molecule has 0 spiro atoms. The van der Waals surface area contributed by atoms with Gasteiger partial charge in [0.05, 0.1) is 5.69 Å². The quantitative estimate of drug-likeness (QED) is 0.775. The lowest BCUT2D eigenvalue weighted by molar-refractivity contribution is -0.122. The van der Waals surface area contributed by atoms with Crippen LogP contribution in [0.1, 0.15) is 38.7 Å². The van der Waals surface area contributed by atoms with Crippen LogP contribution in [0.25, 0.3) is 0 Å². The molecule has 0 saturated heterocycles. The number of nitrogen functional groups attached to an aromatic ring is 1. The summed E-state index contributed by atoms with van der Waals surface area (Å²) in [6.45, 7) is 5.84. The summed E-state index contributed by atoms with van der Waals surface area (Å²) in [4.78, 5) is 12.3. The zero-order valence-electron chi connectivity index (χ0n) is 14.2. The molecule has 2 rings (SSSR count). The van der Waals surface area contributed by atoms with E-state index < -0.39 is 17.8 Å². The fourth-order valence-corrected chi connectivity index (χ4v) is 2.33. The molecule has 2 aromatic carbocycles. The van der Waals surface area contributed by atoms with Gasteiger partial charge in [-0.05, 0) is 49.1 Å². The van der Waals surface area contributed by atoms with Crippen molar-refractivity contribution in [2.75, 3.05) is 11.1 Å². The maximum Gasteiger partial charge on any atom is 0.265 e. The van der Waals surface area contributed by atoms with Crippen LogP contribution in [-0.4, -0.2) is 12.0 Å². The molecule has 1 amide bonds. The highest BCUT2D eigenvalue weighted by atomic mass is 19.1. The predicted octanol–water partition coefficient (Wildman–Crippen LogP) is 4.33. The Morgan fingerprint density at radius 3 is 2.67 bits per heavy atom. The molecule has 0 aliphatic carbocycles. The Morgan fingerprint density at radius 2 is 1.96 bits per heavy atom. The van der Waals surface area contributed by atoms with E-state index in [1.54, 1.807) is 6.92 Å². The highest BCUT2D eigenvalue weighted by Crippen LogP contribution is 2.29. The lowest BCUT2D eigenvalue weighted by Gasteiger charge is -2.19. The molecule has 0 fully saturated rings. The summed E-state index contributed by atoms with van der Waals surface area (Å²) in [6.07, 6.45) is 0.200. The van der Waals surface area contributed by atoms with Crippen molar-refractivity contribution in [3.63, 3.8) is 0 Å². The van der Waals surface area contributed by atoms with Crippen LogP contribution in [0.5, 0.6) is 5.75 Å². The van der Waals surface area contributed by atoms with Crippen LogP contribution in [0, 0.1) is 5.82 Å². The average Bonchev–Trinajstić information content (AvgIpc) is 2.57. The molecular weight excluding hydrogens is 307 g/mol. The van der Waals surface area contributed by atoms with Crippen molar-refractivity contribution in [2.24, 2.45) is 0 Å². The number of nitrogens with one attached hydrogen (secondary N) is 1. The van der Waals surface area contributed by atoms with Gasteiger partial charge >= 0.3 is 0 Å². The van der Waals surface area contributed by atoms with Gasteiger partial charge in [-0.3, -0.25) is 4.79 Å². The molecule has 2 aromatic rings. The highest BCUT2D eigenvalue weighted by Gasteiger charge is 2.19. The molecule has 0 bridgehead atoms. The second-order valence-electron chi connectivity index (χ2n) is 5.84. The van der Waals surface area contributed by atoms with Gasteiger partial charge in [0.25, 0.3) is 5.91 Å². The van der Waals surface area contributed by atoms with E-state index in [0.717, 1.165) is 12.0 Å². The minimum Gasteiger partial charge on any atom is -0.481 e. The van der Waals surface area contributed by atoms with Crippen molar-refractivity contribution in [2.45, 2.75) is 39.2 Å². The molecule has 3 N–H and O–H groups in total. The zero-order valence-corrected chi connectivity index (χ0v) is 14.2. The number of amides is 1. The van der Waals surface area contributed by atoms with E-state index in [1.165, 1.54) is 18.2 Å². The van der Waals surface area contributed by atoms with Gasteiger partial charge in [-0.1, -0.05) is 32.0 Å². The number of hydrogen-bond donors (Lipinski definition) is 2. The largest absolute Gasteiger partial charge is 0.481 e. The molecule has 4 nitrogen and oxygen atoms in total. The summed E-state index contributed by atoms with van der Waals surface area (Å²) in [5.41, 5.74) is 7.10. The lowest BCUT2D eigenvalue weighted by atomic mass is 9.98. The molecule has 0 saturated carbocycles. The van der Waals surface area contributed by atoms with Crippen LogP contribution in [0.2, 0.25) is 0 Å². The summed E-state index contributed by atoms with van der Waals surface area (Å²) in [7, 11) is 0. The first kappa shape index (κ1) is 17.8. The normalized spacial score (nSPS) is 13.2. The Labute approximate surface area is 141 Å². The Morgan fingerprint density at radius 1 is 1.25 bits per heavy atom. The second kappa shape index (κ2) is 7.81. The predicted molar refractivity (Wildman–Crippen MR) is 94.7 cm³/mol. The molecule has 24 heavy (non-hydrogen) atoms. The first-order chi connectivity index (χ1) is 11.4. The lowest BCUT2D eigenvalue weighted by Crippen LogP contribution is -2.30. The van der Waals surface area contributed by atoms with E-state index in [2.05, 4.69) is 19.2 Å². The van der Waals surface area contributed by atoms with Crippen molar-refractivity contribution in [3.05, 3.63) is 53.8 Å². The average molecular weight is 330 g/mol. The van der Waals surface area contributed by atoms with Crippen LogP contribution in [-0.2, 0) is 4.79 Å². The van der Waals surface area contributed by atoms with E-state index in [4.69, 9.17) is 10.5 Å². The van der Waals surface area contributed by atoms with Gasteiger partial charge in [0.1, 0.15) is 11.6 Å². The standard InChI is InChI=1S/C19H23FN2O2/c1-4-12(2)15-7-5-6-8-18(15)24-13(3)19(23)22-17-11-14(21)9-10-16(17)20/h5-13H,4,21H2,1-3H3,(H,22,23)/t12-,13+/m0/s1. The van der Waals surface area contributed by atoms with Crippen molar-refractivity contribution in [1.82, 2.24) is 0 Å². The molecule has 0 radical (unpaired) electrons. The highest BCUT2D eigenvalue weighted by molar-refractivity contribution is 5.94. The van der Waals surface area contributed by atoms with Crippen molar-refractivity contribution in [3.8, 4) is 5.75 Å². The van der Waals surface area contributed by atoms with Crippen molar-refractivity contribution < 1.29 is 13.9 Å². The Hall–Kier alpha value is -2.56. The minimum atomic E-state index is -0.768. The summed E-state index contributed by atoms with van der Waals surface area (Å²) in [5.74, 6) is 0.0218. The van der Waals surface area contributed by atoms with Crippen LogP contribution in [0.4, 0.5) is 15.8 Å². The molecule has 0 heterocycles. The number of nitrogens with two attached hydrogens (primary N) is 1. The molecule has 0 unspecified atom stereocenters. The number of carbonyl (C=O) groups is 1. The van der Waals surface area contributed by atoms with Gasteiger partial charge in [-0.15, -0.1) is 0 Å². The molecule has 0 aliphatic rings. The third-order valence-corrected chi connectivity index (χ3v) is 3.98. The first-order valence-electron chi connectivity index (χ1n) is 8.03. The number of para-hydroxylation sites is 1. The van der Waals surface area contributed by atoms with Gasteiger partial charge in [-0.25, -0.2) is 4.39 Å². The Kier molecular flexibility index (Phi) is 5.79. The monoisotopic (exact) mass is 330 g/mol. The van der Waals surface area contributed by atoms with Gasteiger partial charge in [-0.2, -0.15) is 0 Å². The summed E-state index contributed by atoms with van der Waals surface area (Å²) < 4.78 is 19.5. The third-order valence-electron chi connectivity index (χ3n) is 3.98. The Balaban J connectivity index is 2.11. The zero-order chi connectivity index (χ0) is 17.7. The van der Waals surface area contributed by atoms with E-state index >= 15 is 0 Å². The summed E-state index contributed by atoms with van der Waals surface area (Å²) in [6, 6.07) is 11.7. The fourth-order valence-electron chi connectivity index (χ4n) is 2.33. The maximum absolute atomic E-state index is 13.7. The van der Waals surface area contributed by atoms with Gasteiger partial charge in [0, 0.05) is 5.69 Å². The molecular formula is C19H23FN2O2. The van der Waals surface area contributed by atoms with Gasteiger partial charge in [0.15, 0.2) is 6.10 Å². The number of benzene rings is 2. The van der Waals surface area contributed by atoms with Crippen LogP contribution in [0.3, 0.4) is 0 Å². The summed E-state index contributed by atoms with van der Waals surface area (Å²) >= 11 is 0. The number of ether oxygens (including phenoxy) is 1. The second-order valence-corrected chi connectivity index (χ2v) is 5.84. The molecule has 0 aliphatic heterocycles. The number of hydrogen-bond acceptors (Lipinski definition) is 3. The van der Waals surface area contributed by atoms with E-state index in [-0.39, 0.29) is 5.69 Å². The van der Waals surface area contributed by atoms with Gasteiger partial charge < -0.3 is 15.8 Å². The smallest absolute Gasteiger partial charge is 0.265 e. The topological polar surface area (TPSA) is 64.3 Å². The number of anilines is 2. The van der Waals surface area contributed by atoms with Crippen molar-refractivity contribution in [1.29, 1.82) is 0 Å². The van der Waals surface area contributed by atoms with Crippen LogP contribution >= 0.6 is 0 Å². The van der Waals surface area contributed by atoms with Crippen LogP contribution < -0.4 is 15.8 Å². The number of halogens is 1. The van der Waals surface area contributed by atoms with E-state index in [0.29, 0.717) is 17.4 Å². The van der Waals surface area contributed by atoms with Crippen molar-refractivity contribution >= 4 is 17.3 Å². The molecule has 0 aromatic heterocycles. The third kappa shape index (κ3) is 4.25.